The van der Waals surface area contributed by atoms with Crippen LogP contribution in [0.15, 0.2) is 22.9 Å². The molecule has 0 bridgehead atoms. The molecular formula is C12H12N2OS2. The van der Waals surface area contributed by atoms with Crippen LogP contribution in [0.3, 0.4) is 0 Å². The van der Waals surface area contributed by atoms with Crippen molar-refractivity contribution in [3.05, 3.63) is 28.6 Å². The zero-order valence-corrected chi connectivity index (χ0v) is 10.9. The van der Waals surface area contributed by atoms with Crippen LogP contribution in [0.4, 0.5) is 0 Å². The maximum atomic E-state index is 12.1. The summed E-state index contributed by atoms with van der Waals surface area (Å²) in [5.41, 5.74) is 0.598. The zero-order chi connectivity index (χ0) is 11.7. The first-order chi connectivity index (χ1) is 8.34. The van der Waals surface area contributed by atoms with Gasteiger partial charge in [-0.25, -0.2) is 4.98 Å². The number of hydrogen-bond donors (Lipinski definition) is 0. The van der Waals surface area contributed by atoms with Gasteiger partial charge in [-0.3, -0.25) is 4.79 Å². The van der Waals surface area contributed by atoms with Crippen molar-refractivity contribution in [3.8, 4) is 9.88 Å². The van der Waals surface area contributed by atoms with Crippen molar-refractivity contribution in [1.82, 2.24) is 9.88 Å². The quantitative estimate of drug-likeness (QED) is 0.835. The lowest BCUT2D eigenvalue weighted by molar-refractivity contribution is 0.0788. The Labute approximate surface area is 108 Å². The van der Waals surface area contributed by atoms with E-state index in [0.717, 1.165) is 35.8 Å². The lowest BCUT2D eigenvalue weighted by atomic mass is 10.4. The van der Waals surface area contributed by atoms with Gasteiger partial charge in [0.25, 0.3) is 5.91 Å². The average Bonchev–Trinajstić information content (AvgIpc) is 3.09. The Morgan fingerprint density at radius 3 is 2.82 bits per heavy atom. The standard InChI is InChI=1S/C12H12N2OS2/c15-12(14-5-1-2-6-14)9-8-17-11(13-9)10-4-3-7-16-10/h3-4,7-8H,1-2,5-6H2. The molecule has 5 heteroatoms. The number of carbonyl (C=O) groups is 1. The van der Waals surface area contributed by atoms with Crippen molar-refractivity contribution in [2.45, 2.75) is 12.8 Å². The highest BCUT2D eigenvalue weighted by atomic mass is 32.1. The molecule has 2 aromatic rings. The molecule has 1 fully saturated rings. The maximum Gasteiger partial charge on any atom is 0.273 e. The molecule has 1 aliphatic rings. The number of rotatable bonds is 2. The first-order valence-electron chi connectivity index (χ1n) is 5.63. The van der Waals surface area contributed by atoms with Crippen LogP contribution in [0.2, 0.25) is 0 Å². The minimum absolute atomic E-state index is 0.0848. The van der Waals surface area contributed by atoms with Gasteiger partial charge in [0.05, 0.1) is 4.88 Å². The summed E-state index contributed by atoms with van der Waals surface area (Å²) in [5.74, 6) is 0.0848. The van der Waals surface area contributed by atoms with Crippen molar-refractivity contribution in [2.24, 2.45) is 0 Å². The van der Waals surface area contributed by atoms with Crippen molar-refractivity contribution < 1.29 is 4.79 Å². The van der Waals surface area contributed by atoms with Gasteiger partial charge in [-0.05, 0) is 24.3 Å². The number of aromatic nitrogens is 1. The van der Waals surface area contributed by atoms with E-state index < -0.39 is 0 Å². The highest BCUT2D eigenvalue weighted by Gasteiger charge is 2.21. The molecular weight excluding hydrogens is 252 g/mol. The number of carbonyl (C=O) groups excluding carboxylic acids is 1. The van der Waals surface area contributed by atoms with Gasteiger partial charge in [-0.1, -0.05) is 6.07 Å². The number of amides is 1. The van der Waals surface area contributed by atoms with Gasteiger partial charge in [-0.2, -0.15) is 0 Å². The van der Waals surface area contributed by atoms with Gasteiger partial charge in [0.15, 0.2) is 0 Å². The number of thiophene rings is 1. The molecule has 0 aliphatic carbocycles. The van der Waals surface area contributed by atoms with Gasteiger partial charge in [0, 0.05) is 18.5 Å². The van der Waals surface area contributed by atoms with Crippen LogP contribution >= 0.6 is 22.7 Å². The van der Waals surface area contributed by atoms with E-state index in [4.69, 9.17) is 0 Å². The Kier molecular flexibility index (Phi) is 2.94. The minimum Gasteiger partial charge on any atom is -0.337 e. The molecule has 0 spiro atoms. The summed E-state index contributed by atoms with van der Waals surface area (Å²) < 4.78 is 0. The molecule has 0 saturated carbocycles. The predicted octanol–water partition coefficient (Wildman–Crippen LogP) is 3.11. The van der Waals surface area contributed by atoms with Gasteiger partial charge >= 0.3 is 0 Å². The molecule has 0 radical (unpaired) electrons. The molecule has 0 unspecified atom stereocenters. The van der Waals surface area contributed by atoms with Crippen LogP contribution in [0, 0.1) is 0 Å². The molecule has 0 aromatic carbocycles. The van der Waals surface area contributed by atoms with Crippen molar-refractivity contribution in [1.29, 1.82) is 0 Å². The lowest BCUT2D eigenvalue weighted by Gasteiger charge is -2.12. The van der Waals surface area contributed by atoms with Crippen LogP contribution < -0.4 is 0 Å². The van der Waals surface area contributed by atoms with Crippen molar-refractivity contribution in [2.75, 3.05) is 13.1 Å². The number of thiazole rings is 1. The Hall–Kier alpha value is -1.20. The molecule has 3 rings (SSSR count). The Morgan fingerprint density at radius 2 is 2.12 bits per heavy atom. The van der Waals surface area contributed by atoms with Crippen molar-refractivity contribution >= 4 is 28.6 Å². The first-order valence-corrected chi connectivity index (χ1v) is 7.39. The van der Waals surface area contributed by atoms with Crippen LogP contribution in [0.25, 0.3) is 9.88 Å². The molecule has 1 amide bonds. The molecule has 17 heavy (non-hydrogen) atoms. The van der Waals surface area contributed by atoms with E-state index in [2.05, 4.69) is 4.98 Å². The lowest BCUT2D eigenvalue weighted by Crippen LogP contribution is -2.27. The van der Waals surface area contributed by atoms with Gasteiger partial charge in [0.1, 0.15) is 10.7 Å². The average molecular weight is 264 g/mol. The van der Waals surface area contributed by atoms with E-state index in [1.165, 1.54) is 0 Å². The molecule has 3 heterocycles. The van der Waals surface area contributed by atoms with Crippen LogP contribution in [-0.4, -0.2) is 28.9 Å². The molecule has 0 N–H and O–H groups in total. The van der Waals surface area contributed by atoms with E-state index in [1.54, 1.807) is 22.7 Å². The third kappa shape index (κ3) is 2.12. The fourth-order valence-corrected chi connectivity index (χ4v) is 3.58. The summed E-state index contributed by atoms with van der Waals surface area (Å²) in [5, 5.41) is 4.84. The highest BCUT2D eigenvalue weighted by molar-refractivity contribution is 7.20. The van der Waals surface area contributed by atoms with Gasteiger partial charge in [-0.15, -0.1) is 22.7 Å². The van der Waals surface area contributed by atoms with E-state index in [1.807, 2.05) is 27.8 Å². The van der Waals surface area contributed by atoms with E-state index in [0.29, 0.717) is 5.69 Å². The van der Waals surface area contributed by atoms with E-state index in [9.17, 15) is 4.79 Å². The van der Waals surface area contributed by atoms with Gasteiger partial charge < -0.3 is 4.90 Å². The normalized spacial score (nSPS) is 15.4. The molecule has 1 saturated heterocycles. The summed E-state index contributed by atoms with van der Waals surface area (Å²) in [7, 11) is 0. The number of hydrogen-bond acceptors (Lipinski definition) is 4. The Bertz CT molecular complexity index is 512. The van der Waals surface area contributed by atoms with E-state index in [-0.39, 0.29) is 5.91 Å². The topological polar surface area (TPSA) is 33.2 Å². The second kappa shape index (κ2) is 4.58. The summed E-state index contributed by atoms with van der Waals surface area (Å²) in [4.78, 5) is 19.6. The fraction of sp³-hybridized carbons (Fsp3) is 0.333. The zero-order valence-electron chi connectivity index (χ0n) is 9.26. The first kappa shape index (κ1) is 10.9. The van der Waals surface area contributed by atoms with Crippen molar-refractivity contribution in [3.63, 3.8) is 0 Å². The molecule has 1 aliphatic heterocycles. The Morgan fingerprint density at radius 1 is 1.29 bits per heavy atom. The smallest absolute Gasteiger partial charge is 0.273 e. The molecule has 3 nitrogen and oxygen atoms in total. The second-order valence-electron chi connectivity index (χ2n) is 4.01. The summed E-state index contributed by atoms with van der Waals surface area (Å²) in [6.45, 7) is 1.76. The van der Waals surface area contributed by atoms with Crippen LogP contribution in [0.5, 0.6) is 0 Å². The molecule has 0 atom stereocenters. The third-order valence-electron chi connectivity index (χ3n) is 2.85. The number of likely N-dealkylation sites (tertiary alicyclic amines) is 1. The molecule has 2 aromatic heterocycles. The van der Waals surface area contributed by atoms with Crippen LogP contribution in [-0.2, 0) is 0 Å². The summed E-state index contributed by atoms with van der Waals surface area (Å²) in [6, 6.07) is 4.04. The largest absolute Gasteiger partial charge is 0.337 e. The second-order valence-corrected chi connectivity index (χ2v) is 5.82. The van der Waals surface area contributed by atoms with Crippen LogP contribution in [0.1, 0.15) is 23.3 Å². The van der Waals surface area contributed by atoms with Gasteiger partial charge in [0.2, 0.25) is 0 Å². The SMILES string of the molecule is O=C(c1csc(-c2cccs2)n1)N1CCCC1. The third-order valence-corrected chi connectivity index (χ3v) is 4.73. The minimum atomic E-state index is 0.0848. The molecule has 88 valence electrons. The monoisotopic (exact) mass is 264 g/mol. The fourth-order valence-electron chi connectivity index (χ4n) is 1.97. The number of nitrogens with zero attached hydrogens (tertiary/aromatic N) is 2. The Balaban J connectivity index is 1.82. The summed E-state index contributed by atoms with van der Waals surface area (Å²) in [6.07, 6.45) is 2.24. The predicted molar refractivity (Wildman–Crippen MR) is 70.6 cm³/mol. The highest BCUT2D eigenvalue weighted by Crippen LogP contribution is 2.28. The van der Waals surface area contributed by atoms with E-state index >= 15 is 0 Å². The summed E-state index contributed by atoms with van der Waals surface area (Å²) >= 11 is 3.20. The maximum absolute atomic E-state index is 12.1.